The molecule has 1 heterocycles. The van der Waals surface area contributed by atoms with Crippen LogP contribution >= 0.6 is 0 Å². The van der Waals surface area contributed by atoms with Gasteiger partial charge in [-0.1, -0.05) is 50.8 Å². The van der Waals surface area contributed by atoms with Gasteiger partial charge < -0.3 is 8.85 Å². The second kappa shape index (κ2) is 5.01. The highest BCUT2D eigenvalue weighted by Crippen LogP contribution is 2.47. The van der Waals surface area contributed by atoms with Crippen LogP contribution in [0.3, 0.4) is 0 Å². The summed E-state index contributed by atoms with van der Waals surface area (Å²) in [5.41, 5.74) is -0.0161. The predicted octanol–water partition coefficient (Wildman–Crippen LogP) is 2.09. The van der Waals surface area contributed by atoms with Gasteiger partial charge in [0.2, 0.25) is 8.32 Å². The van der Waals surface area contributed by atoms with Gasteiger partial charge >= 0.3 is 0 Å². The van der Waals surface area contributed by atoms with Gasteiger partial charge in [0.25, 0.3) is 0 Å². The molecule has 4 heteroatoms. The molecule has 0 bridgehead atoms. The Balaban J connectivity index is 2.40. The van der Waals surface area contributed by atoms with Crippen LogP contribution in [0.2, 0.25) is 12.6 Å². The molecule has 1 aliphatic rings. The SMILES string of the molecule is C=CC1(O[SiH3])O[Si](C)(c2ccccc2)CCC1(C)C. The molecular weight excluding hydrogens is 268 g/mol. The molecule has 104 valence electrons. The predicted molar refractivity (Wildman–Crippen MR) is 85.9 cm³/mol. The lowest BCUT2D eigenvalue weighted by molar-refractivity contribution is -0.168. The molecule has 2 atom stereocenters. The van der Waals surface area contributed by atoms with Crippen molar-refractivity contribution in [3.05, 3.63) is 43.0 Å². The minimum atomic E-state index is -1.95. The van der Waals surface area contributed by atoms with Crippen LogP contribution in [0.15, 0.2) is 43.0 Å². The molecule has 19 heavy (non-hydrogen) atoms. The van der Waals surface area contributed by atoms with Gasteiger partial charge in [0, 0.05) is 5.41 Å². The molecule has 0 saturated carbocycles. The van der Waals surface area contributed by atoms with Crippen molar-refractivity contribution in [1.82, 2.24) is 0 Å². The van der Waals surface area contributed by atoms with E-state index in [4.69, 9.17) is 8.85 Å². The molecule has 1 aliphatic heterocycles. The van der Waals surface area contributed by atoms with E-state index in [0.717, 1.165) is 12.5 Å². The fourth-order valence-corrected chi connectivity index (χ4v) is 7.55. The maximum atomic E-state index is 6.59. The minimum absolute atomic E-state index is 0.0161. The second-order valence-electron chi connectivity index (χ2n) is 6.16. The van der Waals surface area contributed by atoms with Crippen molar-refractivity contribution in [3.63, 3.8) is 0 Å². The largest absolute Gasteiger partial charge is 0.399 e. The van der Waals surface area contributed by atoms with Crippen molar-refractivity contribution in [3.8, 4) is 0 Å². The first-order valence-corrected chi connectivity index (χ1v) is 10.3. The fraction of sp³-hybridized carbons (Fsp3) is 0.467. The third-order valence-corrected chi connectivity index (χ3v) is 8.62. The van der Waals surface area contributed by atoms with Crippen molar-refractivity contribution >= 4 is 24.0 Å². The van der Waals surface area contributed by atoms with Crippen molar-refractivity contribution < 1.29 is 8.85 Å². The highest BCUT2D eigenvalue weighted by atomic mass is 28.4. The molecule has 1 fully saturated rings. The van der Waals surface area contributed by atoms with Crippen molar-refractivity contribution in [2.45, 2.75) is 38.6 Å². The Morgan fingerprint density at radius 1 is 1.37 bits per heavy atom. The Hall–Kier alpha value is -0.686. The number of hydrogen-bond donors (Lipinski definition) is 0. The van der Waals surface area contributed by atoms with Crippen molar-refractivity contribution in [2.75, 3.05) is 0 Å². The monoisotopic (exact) mass is 292 g/mol. The molecule has 0 N–H and O–H groups in total. The van der Waals surface area contributed by atoms with E-state index in [1.54, 1.807) is 0 Å². The van der Waals surface area contributed by atoms with Crippen LogP contribution in [0.4, 0.5) is 0 Å². The fourth-order valence-electron chi connectivity index (χ4n) is 2.96. The maximum Gasteiger partial charge on any atom is 0.225 e. The summed E-state index contributed by atoms with van der Waals surface area (Å²) < 4.78 is 12.5. The summed E-state index contributed by atoms with van der Waals surface area (Å²) in [6.45, 7) is 10.7. The van der Waals surface area contributed by atoms with Crippen LogP contribution in [0, 0.1) is 5.41 Å². The average molecular weight is 293 g/mol. The van der Waals surface area contributed by atoms with Gasteiger partial charge in [-0.2, -0.15) is 0 Å². The third-order valence-electron chi connectivity index (χ3n) is 4.50. The van der Waals surface area contributed by atoms with Crippen LogP contribution in [0.25, 0.3) is 0 Å². The Labute approximate surface area is 120 Å². The van der Waals surface area contributed by atoms with E-state index in [9.17, 15) is 0 Å². The van der Waals surface area contributed by atoms with Gasteiger partial charge in [0.1, 0.15) is 10.5 Å². The molecule has 2 unspecified atom stereocenters. The number of benzene rings is 1. The summed E-state index contributed by atoms with van der Waals surface area (Å²) in [4.78, 5) is 0. The quantitative estimate of drug-likeness (QED) is 0.627. The van der Waals surface area contributed by atoms with E-state index in [-0.39, 0.29) is 5.41 Å². The lowest BCUT2D eigenvalue weighted by Crippen LogP contribution is -2.63. The molecule has 0 amide bonds. The van der Waals surface area contributed by atoms with Gasteiger partial charge in [0.05, 0.1) is 0 Å². The Morgan fingerprint density at radius 2 is 2.00 bits per heavy atom. The molecule has 1 aromatic carbocycles. The van der Waals surface area contributed by atoms with Gasteiger partial charge in [-0.3, -0.25) is 0 Å². The standard InChI is InChI=1S/C15H24O2Si2/c1-5-15(16-18)14(2,3)11-12-19(4,17-15)13-9-7-6-8-10-13/h5-10H,1,11-12H2,2-4,18H3. The topological polar surface area (TPSA) is 18.5 Å². The minimum Gasteiger partial charge on any atom is -0.399 e. The lowest BCUT2D eigenvalue weighted by Gasteiger charge is -2.53. The van der Waals surface area contributed by atoms with Crippen LogP contribution in [0.1, 0.15) is 20.3 Å². The van der Waals surface area contributed by atoms with Crippen LogP contribution < -0.4 is 5.19 Å². The van der Waals surface area contributed by atoms with Gasteiger partial charge in [0.15, 0.2) is 5.79 Å². The maximum absolute atomic E-state index is 6.59. The normalized spacial score (nSPS) is 34.1. The second-order valence-corrected chi connectivity index (χ2v) is 10.3. The zero-order valence-electron chi connectivity index (χ0n) is 12.4. The van der Waals surface area contributed by atoms with E-state index in [2.05, 4.69) is 57.3 Å². The molecule has 0 radical (unpaired) electrons. The van der Waals surface area contributed by atoms with Gasteiger partial charge in [-0.05, 0) is 30.3 Å². The highest BCUT2D eigenvalue weighted by Gasteiger charge is 2.54. The molecule has 1 aromatic rings. The summed E-state index contributed by atoms with van der Waals surface area (Å²) >= 11 is 0. The molecule has 1 saturated heterocycles. The van der Waals surface area contributed by atoms with E-state index in [1.165, 1.54) is 5.19 Å². The van der Waals surface area contributed by atoms with Gasteiger partial charge in [-0.25, -0.2) is 0 Å². The highest BCUT2D eigenvalue weighted by molar-refractivity contribution is 6.85. The Kier molecular flexibility index (Phi) is 3.88. The first kappa shape index (κ1) is 14.7. The van der Waals surface area contributed by atoms with Crippen LogP contribution in [-0.4, -0.2) is 24.6 Å². The summed E-state index contributed by atoms with van der Waals surface area (Å²) in [7, 11) is -1.30. The van der Waals surface area contributed by atoms with Crippen LogP contribution in [0.5, 0.6) is 0 Å². The smallest absolute Gasteiger partial charge is 0.225 e. The number of rotatable bonds is 3. The molecule has 0 aliphatic carbocycles. The average Bonchev–Trinajstić information content (AvgIpc) is 2.43. The summed E-state index contributed by atoms with van der Waals surface area (Å²) in [5, 5.41) is 1.34. The molecule has 0 spiro atoms. The molecule has 0 aromatic heterocycles. The Morgan fingerprint density at radius 3 is 2.53 bits per heavy atom. The molecule has 2 rings (SSSR count). The van der Waals surface area contributed by atoms with Crippen molar-refractivity contribution in [1.29, 1.82) is 0 Å². The van der Waals surface area contributed by atoms with E-state index < -0.39 is 14.1 Å². The zero-order chi connectivity index (χ0) is 14.1. The molecule has 2 nitrogen and oxygen atoms in total. The lowest BCUT2D eigenvalue weighted by atomic mass is 9.80. The summed E-state index contributed by atoms with van der Waals surface area (Å²) in [6, 6.07) is 11.7. The Bertz CT molecular complexity index is 460. The van der Waals surface area contributed by atoms with Crippen LogP contribution in [-0.2, 0) is 8.85 Å². The first-order chi connectivity index (χ1) is 8.89. The summed E-state index contributed by atoms with van der Waals surface area (Å²) in [5.74, 6) is -0.617. The van der Waals surface area contributed by atoms with E-state index in [0.29, 0.717) is 10.5 Å². The van der Waals surface area contributed by atoms with Gasteiger partial charge in [-0.15, -0.1) is 0 Å². The molecular formula is C15H24O2Si2. The number of hydrogen-bond acceptors (Lipinski definition) is 2. The first-order valence-electron chi connectivity index (χ1n) is 6.84. The third kappa shape index (κ3) is 2.38. The van der Waals surface area contributed by atoms with Crippen molar-refractivity contribution in [2.24, 2.45) is 5.41 Å². The van der Waals surface area contributed by atoms with E-state index in [1.807, 2.05) is 6.08 Å². The van der Waals surface area contributed by atoms with E-state index >= 15 is 0 Å². The summed E-state index contributed by atoms with van der Waals surface area (Å²) in [6.07, 6.45) is 2.98. The zero-order valence-corrected chi connectivity index (χ0v) is 15.4.